The molecule has 2 heteroatoms. The molecule has 112 valence electrons. The third-order valence-electron chi connectivity index (χ3n) is 4.13. The van der Waals surface area contributed by atoms with Crippen molar-refractivity contribution in [3.8, 4) is 5.75 Å². The molecule has 0 aliphatic carbocycles. The van der Waals surface area contributed by atoms with E-state index in [0.29, 0.717) is 0 Å². The Labute approximate surface area is 123 Å². The Kier molecular flexibility index (Phi) is 3.66. The van der Waals surface area contributed by atoms with E-state index in [9.17, 15) is 5.11 Å². The summed E-state index contributed by atoms with van der Waals surface area (Å²) in [5.74, 6) is 0.907. The topological polar surface area (TPSA) is 29.5 Å². The molecular weight excluding hydrogens is 248 g/mol. The molecule has 1 N–H and O–H groups in total. The summed E-state index contributed by atoms with van der Waals surface area (Å²) in [5, 5.41) is 10.5. The van der Waals surface area contributed by atoms with Crippen molar-refractivity contribution < 1.29 is 9.84 Å². The van der Waals surface area contributed by atoms with Crippen molar-refractivity contribution in [2.24, 2.45) is 0 Å². The van der Waals surface area contributed by atoms with Crippen molar-refractivity contribution in [1.82, 2.24) is 0 Å². The van der Waals surface area contributed by atoms with Gasteiger partial charge in [-0.1, -0.05) is 54.5 Å². The Hall–Kier alpha value is -1.02. The smallest absolute Gasteiger partial charge is 0.129 e. The van der Waals surface area contributed by atoms with Crippen molar-refractivity contribution in [2.75, 3.05) is 0 Å². The minimum atomic E-state index is -0.501. The molecule has 0 saturated heterocycles. The third-order valence-corrected chi connectivity index (χ3v) is 4.13. The standard InChI is InChI=1S/C18H28O2/c1-8-14-15(19)12-9-11(17(2,3)4)10-13(16(12)20-14)18(5,6)7/h9-10,14-15,19H,8H2,1-7H3. The zero-order chi connectivity index (χ0) is 15.3. The molecule has 1 heterocycles. The Balaban J connectivity index is 2.65. The van der Waals surface area contributed by atoms with E-state index in [1.54, 1.807) is 0 Å². The normalized spacial score (nSPS) is 22.6. The first-order valence-corrected chi connectivity index (χ1v) is 7.59. The van der Waals surface area contributed by atoms with E-state index in [-0.39, 0.29) is 16.9 Å². The lowest BCUT2D eigenvalue weighted by molar-refractivity contribution is 0.0647. The summed E-state index contributed by atoms with van der Waals surface area (Å²) in [4.78, 5) is 0. The molecule has 2 rings (SSSR count). The lowest BCUT2D eigenvalue weighted by atomic mass is 9.78. The van der Waals surface area contributed by atoms with E-state index in [2.05, 4.69) is 60.6 Å². The Bertz CT molecular complexity index is 503. The van der Waals surface area contributed by atoms with E-state index in [0.717, 1.165) is 17.7 Å². The molecule has 0 amide bonds. The molecule has 0 saturated carbocycles. The number of hydrogen-bond donors (Lipinski definition) is 1. The van der Waals surface area contributed by atoms with Crippen LogP contribution in [0.4, 0.5) is 0 Å². The van der Waals surface area contributed by atoms with Crippen LogP contribution in [0.5, 0.6) is 5.75 Å². The van der Waals surface area contributed by atoms with Gasteiger partial charge < -0.3 is 9.84 Å². The van der Waals surface area contributed by atoms with Gasteiger partial charge >= 0.3 is 0 Å². The zero-order valence-electron chi connectivity index (χ0n) is 13.9. The summed E-state index contributed by atoms with van der Waals surface area (Å²) < 4.78 is 6.04. The molecule has 2 unspecified atom stereocenters. The van der Waals surface area contributed by atoms with Crippen LogP contribution in [0.1, 0.15) is 77.7 Å². The second-order valence-electron chi connectivity index (χ2n) is 7.95. The van der Waals surface area contributed by atoms with Crippen LogP contribution in [0.15, 0.2) is 12.1 Å². The molecule has 1 aliphatic heterocycles. The highest BCUT2D eigenvalue weighted by molar-refractivity contribution is 5.53. The lowest BCUT2D eigenvalue weighted by Crippen LogP contribution is -2.18. The number of benzene rings is 1. The van der Waals surface area contributed by atoms with Crippen molar-refractivity contribution in [3.63, 3.8) is 0 Å². The first kappa shape index (κ1) is 15.4. The van der Waals surface area contributed by atoms with Gasteiger partial charge in [-0.05, 0) is 28.9 Å². The fraction of sp³-hybridized carbons (Fsp3) is 0.667. The fourth-order valence-corrected chi connectivity index (χ4v) is 2.72. The predicted octanol–water partition coefficient (Wildman–Crippen LogP) is 4.49. The summed E-state index contributed by atoms with van der Waals surface area (Å²) in [6, 6.07) is 4.38. The van der Waals surface area contributed by atoms with Crippen molar-refractivity contribution in [2.45, 2.75) is 77.9 Å². The van der Waals surface area contributed by atoms with E-state index >= 15 is 0 Å². The molecule has 20 heavy (non-hydrogen) atoms. The van der Waals surface area contributed by atoms with Crippen LogP contribution in [0, 0.1) is 0 Å². The molecule has 1 aliphatic rings. The summed E-state index contributed by atoms with van der Waals surface area (Å²) in [6.07, 6.45) is 0.212. The molecule has 0 aromatic heterocycles. The van der Waals surface area contributed by atoms with Gasteiger partial charge in [-0.15, -0.1) is 0 Å². The van der Waals surface area contributed by atoms with Crippen LogP contribution >= 0.6 is 0 Å². The predicted molar refractivity (Wildman–Crippen MR) is 83.5 cm³/mol. The van der Waals surface area contributed by atoms with Crippen LogP contribution in [-0.2, 0) is 10.8 Å². The summed E-state index contributed by atoms with van der Waals surface area (Å²) in [6.45, 7) is 15.3. The second kappa shape index (κ2) is 4.77. The van der Waals surface area contributed by atoms with Gasteiger partial charge in [-0.25, -0.2) is 0 Å². The van der Waals surface area contributed by atoms with Crippen molar-refractivity contribution in [1.29, 1.82) is 0 Å². The quantitative estimate of drug-likeness (QED) is 0.819. The number of aliphatic hydroxyl groups excluding tert-OH is 1. The number of aliphatic hydroxyl groups is 1. The van der Waals surface area contributed by atoms with Crippen LogP contribution in [-0.4, -0.2) is 11.2 Å². The maximum atomic E-state index is 10.5. The molecule has 1 aromatic rings. The second-order valence-corrected chi connectivity index (χ2v) is 7.95. The lowest BCUT2D eigenvalue weighted by Gasteiger charge is -2.27. The molecular formula is C18H28O2. The van der Waals surface area contributed by atoms with E-state index in [1.807, 2.05) is 0 Å². The Morgan fingerprint density at radius 1 is 1.05 bits per heavy atom. The van der Waals surface area contributed by atoms with E-state index in [1.165, 1.54) is 11.1 Å². The van der Waals surface area contributed by atoms with E-state index in [4.69, 9.17) is 4.74 Å². The van der Waals surface area contributed by atoms with Crippen LogP contribution in [0.2, 0.25) is 0 Å². The zero-order valence-corrected chi connectivity index (χ0v) is 13.9. The van der Waals surface area contributed by atoms with Crippen LogP contribution in [0.25, 0.3) is 0 Å². The first-order chi connectivity index (χ1) is 9.05. The molecule has 0 spiro atoms. The summed E-state index contributed by atoms with van der Waals surface area (Å²) in [7, 11) is 0. The van der Waals surface area contributed by atoms with Gasteiger partial charge in [0.2, 0.25) is 0 Å². The Morgan fingerprint density at radius 2 is 1.65 bits per heavy atom. The van der Waals surface area contributed by atoms with Crippen LogP contribution < -0.4 is 4.74 Å². The minimum Gasteiger partial charge on any atom is -0.487 e. The highest BCUT2D eigenvalue weighted by Gasteiger charge is 2.37. The maximum Gasteiger partial charge on any atom is 0.129 e. The number of fused-ring (bicyclic) bond motifs is 1. The molecule has 2 nitrogen and oxygen atoms in total. The maximum absolute atomic E-state index is 10.5. The monoisotopic (exact) mass is 276 g/mol. The summed E-state index contributed by atoms with van der Waals surface area (Å²) in [5.41, 5.74) is 3.51. The highest BCUT2D eigenvalue weighted by atomic mass is 16.5. The molecule has 0 bridgehead atoms. The average Bonchev–Trinajstić information content (AvgIpc) is 2.63. The first-order valence-electron chi connectivity index (χ1n) is 7.59. The van der Waals surface area contributed by atoms with Crippen molar-refractivity contribution >= 4 is 0 Å². The van der Waals surface area contributed by atoms with Gasteiger partial charge in [-0.3, -0.25) is 0 Å². The van der Waals surface area contributed by atoms with Gasteiger partial charge in [0.05, 0.1) is 0 Å². The number of hydrogen-bond acceptors (Lipinski definition) is 2. The Morgan fingerprint density at radius 3 is 2.10 bits per heavy atom. The SMILES string of the molecule is CCC1Oc2c(cc(C(C)(C)C)cc2C(C)(C)C)C1O. The molecule has 0 radical (unpaired) electrons. The van der Waals surface area contributed by atoms with Gasteiger partial charge in [0.25, 0.3) is 0 Å². The minimum absolute atomic E-state index is 0.00763. The van der Waals surface area contributed by atoms with E-state index < -0.39 is 6.10 Å². The summed E-state index contributed by atoms with van der Waals surface area (Å²) >= 11 is 0. The van der Waals surface area contributed by atoms with Crippen molar-refractivity contribution in [3.05, 3.63) is 28.8 Å². The largest absolute Gasteiger partial charge is 0.487 e. The van der Waals surface area contributed by atoms with Crippen LogP contribution in [0.3, 0.4) is 0 Å². The molecule has 0 fully saturated rings. The third kappa shape index (κ3) is 2.58. The average molecular weight is 276 g/mol. The molecule has 1 aromatic carbocycles. The number of ether oxygens (including phenoxy) is 1. The van der Waals surface area contributed by atoms with Gasteiger partial charge in [-0.2, -0.15) is 0 Å². The van der Waals surface area contributed by atoms with Gasteiger partial charge in [0.15, 0.2) is 0 Å². The van der Waals surface area contributed by atoms with Gasteiger partial charge in [0, 0.05) is 11.1 Å². The fourth-order valence-electron chi connectivity index (χ4n) is 2.72. The molecule has 2 atom stereocenters. The highest BCUT2D eigenvalue weighted by Crippen LogP contribution is 2.46. The number of rotatable bonds is 1. The van der Waals surface area contributed by atoms with Gasteiger partial charge in [0.1, 0.15) is 18.0 Å².